The van der Waals surface area contributed by atoms with E-state index in [0.29, 0.717) is 44.4 Å². The number of nitrogens with one attached hydrogen (secondary N) is 1. The molecule has 0 radical (unpaired) electrons. The highest BCUT2D eigenvalue weighted by molar-refractivity contribution is 5.98. The van der Waals surface area contributed by atoms with Crippen LogP contribution < -0.4 is 20.4 Å². The van der Waals surface area contributed by atoms with E-state index in [-0.39, 0.29) is 76.3 Å². The van der Waals surface area contributed by atoms with Crippen molar-refractivity contribution in [3.8, 4) is 5.75 Å². The number of aromatic nitrogens is 1. The Labute approximate surface area is 352 Å². The van der Waals surface area contributed by atoms with Crippen molar-refractivity contribution in [1.82, 2.24) is 9.88 Å². The summed E-state index contributed by atoms with van der Waals surface area (Å²) in [6.07, 6.45) is 6.49. The summed E-state index contributed by atoms with van der Waals surface area (Å²) >= 11 is 0. The fourth-order valence-electron chi connectivity index (χ4n) is 11.8. The maximum absolute atomic E-state index is 15.8. The number of aliphatic hydroxyl groups is 2. The Bertz CT molecular complexity index is 2250. The molecule has 0 bridgehead atoms. The summed E-state index contributed by atoms with van der Waals surface area (Å²) in [4.78, 5) is 79.8. The van der Waals surface area contributed by atoms with E-state index in [1.54, 1.807) is 10.6 Å². The average Bonchev–Trinajstić information content (AvgIpc) is 4.03. The first-order valence-corrected chi connectivity index (χ1v) is 21.6. The Morgan fingerprint density at radius 2 is 1.74 bits per heavy atom. The van der Waals surface area contributed by atoms with Crippen LogP contribution in [-0.2, 0) is 33.4 Å². The number of esters is 3. The number of ether oxygens (including phenoxy) is 4. The molecule has 5 aliphatic carbocycles. The first kappa shape index (κ1) is 43.0. The maximum Gasteiger partial charge on any atom is 0.346 e. The number of anilines is 1. The van der Waals surface area contributed by atoms with Crippen molar-refractivity contribution < 1.29 is 57.5 Å². The summed E-state index contributed by atoms with van der Waals surface area (Å²) in [7, 11) is 1.42. The van der Waals surface area contributed by atoms with E-state index in [9.17, 15) is 39.0 Å². The Balaban J connectivity index is 0.845. The van der Waals surface area contributed by atoms with Crippen LogP contribution in [0.5, 0.6) is 5.75 Å². The predicted molar refractivity (Wildman–Crippen MR) is 217 cm³/mol. The van der Waals surface area contributed by atoms with Gasteiger partial charge in [0.2, 0.25) is 18.0 Å². The van der Waals surface area contributed by atoms with Gasteiger partial charge in [0.25, 0.3) is 0 Å². The number of benzene rings is 1. The number of fused-ring (bicyclic) bond motifs is 6. The molecule has 4 unspecified atom stereocenters. The second kappa shape index (κ2) is 16.2. The molecule has 2 heterocycles. The third kappa shape index (κ3) is 7.45. The van der Waals surface area contributed by atoms with Gasteiger partial charge in [-0.1, -0.05) is 19.4 Å². The highest BCUT2D eigenvalue weighted by Crippen LogP contribution is 2.67. The zero-order valence-electron chi connectivity index (χ0n) is 35.3. The van der Waals surface area contributed by atoms with Crippen LogP contribution in [0.3, 0.4) is 0 Å². The highest BCUT2D eigenvalue weighted by Gasteiger charge is 2.68. The number of halogens is 1. The van der Waals surface area contributed by atoms with E-state index in [0.717, 1.165) is 37.3 Å². The largest absolute Gasteiger partial charge is 0.492 e. The minimum atomic E-state index is -1.83. The van der Waals surface area contributed by atoms with Gasteiger partial charge < -0.3 is 43.9 Å². The van der Waals surface area contributed by atoms with Crippen LogP contribution in [-0.4, -0.2) is 102 Å². The number of hydrogen-bond donors (Lipinski definition) is 3. The molecule has 330 valence electrons. The van der Waals surface area contributed by atoms with Crippen molar-refractivity contribution >= 4 is 46.1 Å². The van der Waals surface area contributed by atoms with Crippen LogP contribution in [0.4, 0.5) is 10.1 Å². The molecule has 1 aliphatic heterocycles. The molecule has 4 saturated carbocycles. The lowest BCUT2D eigenvalue weighted by Crippen LogP contribution is -2.62. The minimum absolute atomic E-state index is 0.0443. The van der Waals surface area contributed by atoms with Gasteiger partial charge >= 0.3 is 17.9 Å². The molecule has 5 fully saturated rings. The first-order valence-electron chi connectivity index (χ1n) is 21.6. The lowest BCUT2D eigenvalue weighted by molar-refractivity contribution is -0.184. The van der Waals surface area contributed by atoms with E-state index < -0.39 is 78.3 Å². The van der Waals surface area contributed by atoms with E-state index in [2.05, 4.69) is 12.2 Å². The van der Waals surface area contributed by atoms with E-state index >= 15 is 4.39 Å². The fraction of sp³-hybridized carbons (Fsp3) is 0.644. The van der Waals surface area contributed by atoms with Gasteiger partial charge in [-0.25, -0.2) is 9.18 Å². The SMILES string of the molecule is COc1c(N2CCNC(C)C2)c(F)cc2c(=O)c(C(=O)OCOC(=O)CCC(=O)OCC(=O)[C@@]3(O)CCC4C5CCC6=CC(=O)CC[C@]6(C)C5[C@@H](O)C[C@@]43C)cn(C3CC3)c12. The summed E-state index contributed by atoms with van der Waals surface area (Å²) in [6, 6.07) is 1.17. The van der Waals surface area contributed by atoms with E-state index in [1.165, 1.54) is 13.3 Å². The van der Waals surface area contributed by atoms with Crippen LogP contribution in [0.1, 0.15) is 108 Å². The molecule has 3 N–H and O–H groups in total. The van der Waals surface area contributed by atoms with Gasteiger partial charge in [0.15, 0.2) is 24.0 Å². The fourth-order valence-corrected chi connectivity index (χ4v) is 11.8. The zero-order chi connectivity index (χ0) is 43.6. The first-order chi connectivity index (χ1) is 29.0. The van der Waals surface area contributed by atoms with E-state index in [4.69, 9.17) is 18.9 Å². The second-order valence-electron chi connectivity index (χ2n) is 18.6. The molecule has 1 aromatic carbocycles. The molecule has 16 heteroatoms. The summed E-state index contributed by atoms with van der Waals surface area (Å²) in [5.41, 5.74) is -2.53. The molecule has 6 aliphatic rings. The third-order valence-corrected chi connectivity index (χ3v) is 15.1. The number of carbonyl (C=O) groups is 5. The Morgan fingerprint density at radius 3 is 2.44 bits per heavy atom. The minimum Gasteiger partial charge on any atom is -0.492 e. The third-order valence-electron chi connectivity index (χ3n) is 15.1. The number of aliphatic hydroxyl groups excluding tert-OH is 1. The lowest BCUT2D eigenvalue weighted by Gasteiger charge is -2.60. The van der Waals surface area contributed by atoms with Gasteiger partial charge in [-0.15, -0.1) is 0 Å². The van der Waals surface area contributed by atoms with Gasteiger partial charge in [-0.05, 0) is 93.6 Å². The quantitative estimate of drug-likeness (QED) is 0.204. The number of Topliss-reactive ketones (excluding diaryl/α,β-unsaturated/α-hetero) is 1. The molecule has 15 nitrogen and oxygen atoms in total. The average molecular weight is 850 g/mol. The Hall–Kier alpha value is -4.67. The second-order valence-corrected chi connectivity index (χ2v) is 18.6. The van der Waals surface area contributed by atoms with Gasteiger partial charge in [0, 0.05) is 49.8 Å². The van der Waals surface area contributed by atoms with Crippen LogP contribution in [0.25, 0.3) is 10.9 Å². The smallest absolute Gasteiger partial charge is 0.346 e. The van der Waals surface area contributed by atoms with Gasteiger partial charge in [-0.2, -0.15) is 0 Å². The number of rotatable bonds is 12. The molecule has 0 spiro atoms. The molecule has 8 atom stereocenters. The monoisotopic (exact) mass is 849 g/mol. The Kier molecular flexibility index (Phi) is 11.4. The van der Waals surface area contributed by atoms with Gasteiger partial charge in [0.1, 0.15) is 16.9 Å². The molecule has 0 amide bonds. The number of ketones is 2. The number of nitrogens with zero attached hydrogens (tertiary/aromatic N) is 2. The topological polar surface area (TPSA) is 200 Å². The normalized spacial score (nSPS) is 32.0. The molecule has 1 aromatic heterocycles. The van der Waals surface area contributed by atoms with Crippen LogP contribution in [0.2, 0.25) is 0 Å². The van der Waals surface area contributed by atoms with Crippen molar-refractivity contribution in [2.24, 2.45) is 28.6 Å². The number of allylic oxidation sites excluding steroid dienone is 1. The zero-order valence-corrected chi connectivity index (χ0v) is 35.3. The summed E-state index contributed by atoms with van der Waals surface area (Å²) in [5.74, 6) is -3.96. The van der Waals surface area contributed by atoms with Gasteiger partial charge in [-0.3, -0.25) is 24.0 Å². The molecular formula is C45H56FN3O12. The van der Waals surface area contributed by atoms with Crippen molar-refractivity contribution in [3.63, 3.8) is 0 Å². The predicted octanol–water partition coefficient (Wildman–Crippen LogP) is 4.07. The number of pyridine rings is 1. The van der Waals surface area contributed by atoms with Crippen molar-refractivity contribution in [3.05, 3.63) is 45.5 Å². The number of methoxy groups -OCH3 is 1. The highest BCUT2D eigenvalue weighted by atomic mass is 19.1. The van der Waals surface area contributed by atoms with Crippen molar-refractivity contribution in [1.29, 1.82) is 0 Å². The lowest BCUT2D eigenvalue weighted by atomic mass is 9.45. The summed E-state index contributed by atoms with van der Waals surface area (Å²) in [5, 5.41) is 26.9. The van der Waals surface area contributed by atoms with Gasteiger partial charge in [0.05, 0.1) is 37.0 Å². The number of piperazine rings is 1. The van der Waals surface area contributed by atoms with Crippen molar-refractivity contribution in [2.75, 3.05) is 45.0 Å². The molecule has 8 rings (SSSR count). The van der Waals surface area contributed by atoms with E-state index in [1.807, 2.05) is 18.7 Å². The van der Waals surface area contributed by atoms with Crippen LogP contribution in [0, 0.1) is 34.4 Å². The standard InChI is InChI=1S/C45H56FN3O12/c1-24-20-48(16-15-47-24)39-32(46)18-29-38(41(39)58-4)49(26-6-7-26)21-30(40(29)55)42(56)61-23-60-36(54)10-9-35(53)59-22-34(52)45(57)14-12-31-28-8-5-25-17-27(50)11-13-43(25,2)37(28)33(51)19-44(31,45)3/h17-18,21,24,26,28,31,33,37,47,51,57H,5-16,19-20,22-23H2,1-4H3/t24?,28?,31?,33-,37?,43-,44-,45-/m0/s1. The molecule has 1 saturated heterocycles. The molecule has 2 aromatic rings. The summed E-state index contributed by atoms with van der Waals surface area (Å²) < 4.78 is 38.6. The maximum atomic E-state index is 15.8. The van der Waals surface area contributed by atoms with Crippen LogP contribution >= 0.6 is 0 Å². The van der Waals surface area contributed by atoms with Crippen LogP contribution in [0.15, 0.2) is 28.7 Å². The number of hydrogen-bond acceptors (Lipinski definition) is 14. The molecule has 61 heavy (non-hydrogen) atoms. The summed E-state index contributed by atoms with van der Waals surface area (Å²) in [6.45, 7) is 6.09. The Morgan fingerprint density at radius 1 is 1.00 bits per heavy atom. The van der Waals surface area contributed by atoms with Crippen molar-refractivity contribution in [2.45, 2.75) is 115 Å². The molecular weight excluding hydrogens is 794 g/mol. The number of carbonyl (C=O) groups excluding carboxylic acids is 5.